The van der Waals surface area contributed by atoms with Gasteiger partial charge in [0, 0.05) is 43.8 Å². The van der Waals surface area contributed by atoms with E-state index in [4.69, 9.17) is 4.99 Å². The molecule has 7 nitrogen and oxygen atoms in total. The van der Waals surface area contributed by atoms with Crippen LogP contribution in [-0.2, 0) is 6.54 Å². The number of hydrogen-bond donors (Lipinski definition) is 1. The Balaban J connectivity index is 1.47. The first kappa shape index (κ1) is 19.2. The molecule has 1 saturated heterocycles. The molecule has 0 spiro atoms. The minimum Gasteiger partial charge on any atom is -0.357 e. The lowest BCUT2D eigenvalue weighted by Crippen LogP contribution is -2.49. The largest absolute Gasteiger partial charge is 0.357 e. The molecule has 1 fully saturated rings. The molecule has 29 heavy (non-hydrogen) atoms. The minimum absolute atomic E-state index is 0.413. The van der Waals surface area contributed by atoms with E-state index in [1.54, 1.807) is 0 Å². The number of benzene rings is 1. The van der Waals surface area contributed by atoms with E-state index >= 15 is 0 Å². The van der Waals surface area contributed by atoms with E-state index in [0.717, 1.165) is 43.3 Å². The summed E-state index contributed by atoms with van der Waals surface area (Å²) in [5.41, 5.74) is 2.16. The van der Waals surface area contributed by atoms with Gasteiger partial charge in [0.1, 0.15) is 0 Å². The van der Waals surface area contributed by atoms with Crippen LogP contribution in [0, 0.1) is 5.92 Å². The minimum atomic E-state index is 0.413. The van der Waals surface area contributed by atoms with Crippen LogP contribution in [0.2, 0.25) is 0 Å². The van der Waals surface area contributed by atoms with Gasteiger partial charge in [0.2, 0.25) is 0 Å². The Morgan fingerprint density at radius 2 is 2.14 bits per heavy atom. The first-order valence-corrected chi connectivity index (χ1v) is 10.3. The Hall–Kier alpha value is -3.09. The molecule has 1 aromatic carbocycles. The van der Waals surface area contributed by atoms with E-state index < -0.39 is 0 Å². The van der Waals surface area contributed by atoms with Crippen molar-refractivity contribution in [1.29, 1.82) is 0 Å². The molecule has 2 atom stereocenters. The van der Waals surface area contributed by atoms with Crippen molar-refractivity contribution < 1.29 is 0 Å². The molecule has 3 aromatic rings. The predicted molar refractivity (Wildman–Crippen MR) is 115 cm³/mol. The van der Waals surface area contributed by atoms with E-state index in [1.165, 1.54) is 0 Å². The van der Waals surface area contributed by atoms with Gasteiger partial charge in [-0.3, -0.25) is 0 Å². The summed E-state index contributed by atoms with van der Waals surface area (Å²) < 4.78 is 4.12. The number of nitrogens with one attached hydrogen (secondary N) is 1. The van der Waals surface area contributed by atoms with Crippen molar-refractivity contribution in [3.63, 3.8) is 0 Å². The zero-order chi connectivity index (χ0) is 20.1. The van der Waals surface area contributed by atoms with Gasteiger partial charge in [-0.1, -0.05) is 25.1 Å². The van der Waals surface area contributed by atoms with Gasteiger partial charge >= 0.3 is 0 Å². The molecule has 7 heteroatoms. The Labute approximate surface area is 172 Å². The van der Waals surface area contributed by atoms with Crippen molar-refractivity contribution in [1.82, 2.24) is 29.5 Å². The fourth-order valence-electron chi connectivity index (χ4n) is 3.85. The SMILES string of the molecule is CCNC(=NCc1cnn(-c2ccccc2)c1)N1CCC(C)C(n2ccnc2)C1. The number of piperidine rings is 1. The first-order valence-electron chi connectivity index (χ1n) is 10.3. The third-order valence-corrected chi connectivity index (χ3v) is 5.53. The molecule has 2 aromatic heterocycles. The molecule has 3 heterocycles. The van der Waals surface area contributed by atoms with E-state index in [2.05, 4.69) is 63.2 Å². The number of imidazole rings is 1. The molecule has 0 aliphatic carbocycles. The van der Waals surface area contributed by atoms with Gasteiger partial charge in [-0.15, -0.1) is 0 Å². The third-order valence-electron chi connectivity index (χ3n) is 5.53. The van der Waals surface area contributed by atoms with Crippen LogP contribution in [0.4, 0.5) is 0 Å². The molecule has 4 rings (SSSR count). The Morgan fingerprint density at radius 3 is 2.90 bits per heavy atom. The molecule has 0 radical (unpaired) electrons. The van der Waals surface area contributed by atoms with Crippen LogP contribution in [0.1, 0.15) is 31.9 Å². The van der Waals surface area contributed by atoms with E-state index in [9.17, 15) is 0 Å². The highest BCUT2D eigenvalue weighted by Crippen LogP contribution is 2.27. The second-order valence-electron chi connectivity index (χ2n) is 7.59. The Morgan fingerprint density at radius 1 is 1.28 bits per heavy atom. The lowest BCUT2D eigenvalue weighted by Gasteiger charge is -2.39. The quantitative estimate of drug-likeness (QED) is 0.536. The average Bonchev–Trinajstić information content (AvgIpc) is 3.45. The molecule has 1 aliphatic heterocycles. The lowest BCUT2D eigenvalue weighted by molar-refractivity contribution is 0.189. The lowest BCUT2D eigenvalue weighted by atomic mass is 9.93. The summed E-state index contributed by atoms with van der Waals surface area (Å²) in [6.07, 6.45) is 10.9. The maximum Gasteiger partial charge on any atom is 0.194 e. The zero-order valence-corrected chi connectivity index (χ0v) is 17.1. The zero-order valence-electron chi connectivity index (χ0n) is 17.1. The number of nitrogens with zero attached hydrogens (tertiary/aromatic N) is 6. The maximum atomic E-state index is 4.91. The molecule has 152 valence electrons. The van der Waals surface area contributed by atoms with Gasteiger partial charge in [0.25, 0.3) is 0 Å². The van der Waals surface area contributed by atoms with Crippen LogP contribution in [0.15, 0.2) is 66.4 Å². The van der Waals surface area contributed by atoms with Gasteiger partial charge in [-0.25, -0.2) is 14.7 Å². The van der Waals surface area contributed by atoms with Crippen LogP contribution in [0.3, 0.4) is 0 Å². The summed E-state index contributed by atoms with van der Waals surface area (Å²) >= 11 is 0. The van der Waals surface area contributed by atoms with Crippen LogP contribution >= 0.6 is 0 Å². The molecule has 2 unspecified atom stereocenters. The number of para-hydroxylation sites is 1. The molecule has 1 N–H and O–H groups in total. The number of aliphatic imine (C=N–C) groups is 1. The van der Waals surface area contributed by atoms with Crippen LogP contribution in [0.25, 0.3) is 5.69 Å². The van der Waals surface area contributed by atoms with E-state index in [0.29, 0.717) is 18.5 Å². The summed E-state index contributed by atoms with van der Waals surface area (Å²) in [7, 11) is 0. The molecule has 1 aliphatic rings. The van der Waals surface area contributed by atoms with Crippen molar-refractivity contribution in [2.75, 3.05) is 19.6 Å². The topological polar surface area (TPSA) is 63.3 Å². The highest BCUT2D eigenvalue weighted by Gasteiger charge is 2.28. The summed E-state index contributed by atoms with van der Waals surface area (Å²) in [6.45, 7) is 7.85. The molecular formula is C22H29N7. The van der Waals surface area contributed by atoms with E-state index in [1.807, 2.05) is 41.6 Å². The van der Waals surface area contributed by atoms with Gasteiger partial charge in [0.15, 0.2) is 5.96 Å². The van der Waals surface area contributed by atoms with Gasteiger partial charge in [0.05, 0.1) is 30.8 Å². The van der Waals surface area contributed by atoms with Crippen molar-refractivity contribution >= 4 is 5.96 Å². The average molecular weight is 392 g/mol. The highest BCUT2D eigenvalue weighted by molar-refractivity contribution is 5.80. The molecule has 0 amide bonds. The van der Waals surface area contributed by atoms with Crippen molar-refractivity contribution in [3.8, 4) is 5.69 Å². The van der Waals surface area contributed by atoms with Crippen molar-refractivity contribution in [2.45, 2.75) is 32.9 Å². The standard InChI is InChI=1S/C22H29N7/c1-3-24-22(27-11-9-18(2)21(16-27)28-12-10-23-17-28)25-13-19-14-26-29(15-19)20-7-5-4-6-8-20/h4-8,10,12,14-15,17-18,21H,3,9,11,13,16H2,1-2H3,(H,24,25). The first-order chi connectivity index (χ1) is 14.2. The molecule has 0 bridgehead atoms. The number of likely N-dealkylation sites (tertiary alicyclic amines) is 1. The monoisotopic (exact) mass is 391 g/mol. The van der Waals surface area contributed by atoms with Crippen LogP contribution in [0.5, 0.6) is 0 Å². The summed E-state index contributed by atoms with van der Waals surface area (Å²) in [5, 5.41) is 7.95. The number of guanidine groups is 1. The van der Waals surface area contributed by atoms with Crippen LogP contribution < -0.4 is 5.32 Å². The molecule has 0 saturated carbocycles. The van der Waals surface area contributed by atoms with Gasteiger partial charge in [-0.05, 0) is 31.4 Å². The fourth-order valence-corrected chi connectivity index (χ4v) is 3.85. The summed E-state index contributed by atoms with van der Waals surface area (Å²) in [6, 6.07) is 10.6. The van der Waals surface area contributed by atoms with Gasteiger partial charge in [-0.2, -0.15) is 5.10 Å². The smallest absolute Gasteiger partial charge is 0.194 e. The van der Waals surface area contributed by atoms with E-state index in [-0.39, 0.29) is 0 Å². The Kier molecular flexibility index (Phi) is 5.93. The summed E-state index contributed by atoms with van der Waals surface area (Å²) in [4.78, 5) is 11.5. The highest BCUT2D eigenvalue weighted by atomic mass is 15.3. The predicted octanol–water partition coefficient (Wildman–Crippen LogP) is 3.12. The van der Waals surface area contributed by atoms with Crippen molar-refractivity contribution in [2.24, 2.45) is 10.9 Å². The third kappa shape index (κ3) is 4.50. The summed E-state index contributed by atoms with van der Waals surface area (Å²) in [5.74, 6) is 1.59. The normalized spacial score (nSPS) is 20.1. The van der Waals surface area contributed by atoms with Crippen LogP contribution in [-0.4, -0.2) is 49.8 Å². The second-order valence-corrected chi connectivity index (χ2v) is 7.59. The van der Waals surface area contributed by atoms with Crippen molar-refractivity contribution in [3.05, 3.63) is 67.0 Å². The number of rotatable bonds is 5. The number of aromatic nitrogens is 4. The Bertz CT molecular complexity index is 914. The molecular weight excluding hydrogens is 362 g/mol. The fraction of sp³-hybridized carbons (Fsp3) is 0.409. The maximum absolute atomic E-state index is 4.91. The number of hydrogen-bond acceptors (Lipinski definition) is 3. The second kappa shape index (κ2) is 8.94. The van der Waals surface area contributed by atoms with Gasteiger partial charge < -0.3 is 14.8 Å².